The maximum absolute atomic E-state index is 11.7. The fourth-order valence-electron chi connectivity index (χ4n) is 6.12. The number of aliphatic hydroxyl groups is 1. The van der Waals surface area contributed by atoms with Crippen LogP contribution >= 0.6 is 0 Å². The van der Waals surface area contributed by atoms with E-state index in [0.717, 1.165) is 76.7 Å². The molecule has 5 aromatic rings. The van der Waals surface area contributed by atoms with Crippen molar-refractivity contribution in [3.63, 3.8) is 0 Å². The van der Waals surface area contributed by atoms with Crippen LogP contribution in [0.5, 0.6) is 0 Å². The third-order valence-electron chi connectivity index (χ3n) is 8.97. The molecule has 0 aliphatic heterocycles. The summed E-state index contributed by atoms with van der Waals surface area (Å²) in [5, 5.41) is 13.1. The van der Waals surface area contributed by atoms with E-state index in [1.54, 1.807) is 6.33 Å². The quantitative estimate of drug-likeness (QED) is 0.0810. The number of furan rings is 1. The van der Waals surface area contributed by atoms with Gasteiger partial charge in [0.2, 0.25) is 0 Å². The number of aromatic nitrogens is 3. The summed E-state index contributed by atoms with van der Waals surface area (Å²) in [4.78, 5) is 25.3. The van der Waals surface area contributed by atoms with Crippen LogP contribution in [0.4, 0.5) is 0 Å². The molecule has 0 aliphatic carbocycles. The van der Waals surface area contributed by atoms with E-state index in [9.17, 15) is 9.90 Å². The van der Waals surface area contributed by atoms with Gasteiger partial charge < -0.3 is 9.52 Å². The Morgan fingerprint density at radius 2 is 1.57 bits per heavy atom. The van der Waals surface area contributed by atoms with Gasteiger partial charge in [0.05, 0.1) is 17.0 Å². The van der Waals surface area contributed by atoms with E-state index in [1.807, 2.05) is 46.2 Å². The van der Waals surface area contributed by atoms with Gasteiger partial charge in [0.15, 0.2) is 5.78 Å². The van der Waals surface area contributed by atoms with Crippen LogP contribution in [0.25, 0.3) is 44.3 Å². The Morgan fingerprint density at radius 3 is 2.20 bits per heavy atom. The van der Waals surface area contributed by atoms with E-state index < -0.39 is 0 Å². The monoisotopic (exact) mass is 839 g/mol. The van der Waals surface area contributed by atoms with E-state index in [-0.39, 0.29) is 48.9 Å². The molecular weight excluding hydrogens is 787 g/mol. The molecule has 0 saturated carbocycles. The second-order valence-corrected chi connectivity index (χ2v) is 14.1. The van der Waals surface area contributed by atoms with Gasteiger partial charge in [-0.1, -0.05) is 91.5 Å². The van der Waals surface area contributed by atoms with E-state index in [1.165, 1.54) is 17.0 Å². The second kappa shape index (κ2) is 17.8. The molecule has 0 unspecified atom stereocenters. The van der Waals surface area contributed by atoms with Gasteiger partial charge in [0.1, 0.15) is 17.7 Å². The fraction of sp³-hybridized carbons (Fsp3) is 0.429. The van der Waals surface area contributed by atoms with Crippen LogP contribution in [-0.2, 0) is 36.7 Å². The molecule has 49 heavy (non-hydrogen) atoms. The summed E-state index contributed by atoms with van der Waals surface area (Å²) in [5.74, 6) is 2.04. The SMILES string of the molecule is CC(C)Cc1cc2cncc(-c3cc(-c4[c-]c5ccccc5c(C(C)(C)C)c4)ncn3)c2o1.CCC(CC)C(=O)/C=C(\O)C(CC)CC.[Ir]. The Balaban J connectivity index is 0.000000347. The normalized spacial score (nSPS) is 12.0. The molecule has 6 nitrogen and oxygen atoms in total. The molecule has 0 spiro atoms. The Labute approximate surface area is 306 Å². The number of allylic oxidation sites excluding steroid dienone is 2. The van der Waals surface area contributed by atoms with Gasteiger partial charge in [-0.3, -0.25) is 14.8 Å². The smallest absolute Gasteiger partial charge is 0.162 e. The van der Waals surface area contributed by atoms with Crippen molar-refractivity contribution in [2.24, 2.45) is 17.8 Å². The molecule has 0 saturated heterocycles. The fourth-order valence-corrected chi connectivity index (χ4v) is 6.12. The van der Waals surface area contributed by atoms with Crippen molar-refractivity contribution < 1.29 is 34.4 Å². The number of pyridine rings is 1. The zero-order valence-corrected chi connectivity index (χ0v) is 33.0. The maximum atomic E-state index is 11.7. The molecule has 5 rings (SSSR count). The molecule has 7 heteroatoms. The van der Waals surface area contributed by atoms with Crippen LogP contribution in [0.1, 0.15) is 99.3 Å². The third kappa shape index (κ3) is 9.95. The molecule has 263 valence electrons. The second-order valence-electron chi connectivity index (χ2n) is 14.1. The van der Waals surface area contributed by atoms with Crippen molar-refractivity contribution in [1.82, 2.24) is 15.0 Å². The molecule has 0 bridgehead atoms. The van der Waals surface area contributed by atoms with Gasteiger partial charge in [-0.2, -0.15) is 0 Å². The van der Waals surface area contributed by atoms with Crippen LogP contribution in [0.3, 0.4) is 0 Å². The van der Waals surface area contributed by atoms with Crippen LogP contribution in [-0.4, -0.2) is 25.8 Å². The molecule has 0 aliphatic rings. The zero-order chi connectivity index (χ0) is 35.0. The van der Waals surface area contributed by atoms with Gasteiger partial charge >= 0.3 is 0 Å². The average molecular weight is 839 g/mol. The maximum Gasteiger partial charge on any atom is 0.162 e. The molecule has 1 radical (unpaired) electrons. The first-order chi connectivity index (χ1) is 22.9. The summed E-state index contributed by atoms with van der Waals surface area (Å²) < 4.78 is 6.22. The molecule has 0 amide bonds. The molecule has 0 fully saturated rings. The zero-order valence-electron chi connectivity index (χ0n) is 30.6. The molecule has 0 atom stereocenters. The molecule has 1 N–H and O–H groups in total. The summed E-state index contributed by atoms with van der Waals surface area (Å²) in [6.07, 6.45) is 11.1. The van der Waals surface area contributed by atoms with E-state index >= 15 is 0 Å². The van der Waals surface area contributed by atoms with Gasteiger partial charge in [0, 0.05) is 67.9 Å². The van der Waals surface area contributed by atoms with E-state index in [4.69, 9.17) is 4.42 Å². The Morgan fingerprint density at radius 1 is 0.918 bits per heavy atom. The Kier molecular flexibility index (Phi) is 14.5. The number of rotatable bonds is 11. The number of fused-ring (bicyclic) bond motifs is 2. The first kappa shape index (κ1) is 39.8. The van der Waals surface area contributed by atoms with Crippen LogP contribution in [0.15, 0.2) is 77.4 Å². The van der Waals surface area contributed by atoms with Crippen molar-refractivity contribution in [2.75, 3.05) is 0 Å². The minimum atomic E-state index is -0.00416. The largest absolute Gasteiger partial charge is 0.512 e. The number of aliphatic hydroxyl groups excluding tert-OH is 1. The number of hydrogen-bond acceptors (Lipinski definition) is 6. The first-order valence-corrected chi connectivity index (χ1v) is 17.5. The van der Waals surface area contributed by atoms with Gasteiger partial charge in [0.25, 0.3) is 0 Å². The number of ketones is 1. The molecule has 3 aromatic heterocycles. The summed E-state index contributed by atoms with van der Waals surface area (Å²) in [6.45, 7) is 19.2. The van der Waals surface area contributed by atoms with Crippen LogP contribution in [0.2, 0.25) is 0 Å². The Hall–Kier alpha value is -3.67. The number of carbonyl (C=O) groups is 1. The third-order valence-corrected chi connectivity index (χ3v) is 8.97. The molecular formula is C42H52IrN3O3-. The minimum Gasteiger partial charge on any atom is -0.512 e. The Bertz CT molecular complexity index is 1860. The average Bonchev–Trinajstić information content (AvgIpc) is 3.47. The minimum absolute atomic E-state index is 0. The summed E-state index contributed by atoms with van der Waals surface area (Å²) >= 11 is 0. The van der Waals surface area contributed by atoms with Crippen molar-refractivity contribution in [1.29, 1.82) is 0 Å². The summed E-state index contributed by atoms with van der Waals surface area (Å²) in [5.41, 5.74) is 5.56. The first-order valence-electron chi connectivity index (χ1n) is 17.5. The van der Waals surface area contributed by atoms with E-state index in [0.29, 0.717) is 5.92 Å². The summed E-state index contributed by atoms with van der Waals surface area (Å²) in [6, 6.07) is 18.3. The van der Waals surface area contributed by atoms with Gasteiger partial charge in [-0.05, 0) is 49.1 Å². The number of hydrogen-bond donors (Lipinski definition) is 1. The van der Waals surface area contributed by atoms with Crippen molar-refractivity contribution in [3.8, 4) is 22.5 Å². The predicted molar refractivity (Wildman–Crippen MR) is 198 cm³/mol. The number of nitrogens with zero attached hydrogens (tertiary/aromatic N) is 3. The summed E-state index contributed by atoms with van der Waals surface area (Å²) in [7, 11) is 0. The number of carbonyl (C=O) groups excluding carboxylic acids is 1. The predicted octanol–water partition coefficient (Wildman–Crippen LogP) is 11.3. The topological polar surface area (TPSA) is 89.1 Å². The van der Waals surface area contributed by atoms with Crippen molar-refractivity contribution >= 4 is 27.5 Å². The number of benzene rings is 2. The molecule has 2 aromatic carbocycles. The van der Waals surface area contributed by atoms with Crippen LogP contribution in [0, 0.1) is 23.8 Å². The van der Waals surface area contributed by atoms with Crippen molar-refractivity contribution in [3.05, 3.63) is 90.4 Å². The molecule has 3 heterocycles. The standard InChI is InChI=1S/C29H28N3O.C13H24O2.Ir/c1-18(2)10-22-12-21-15-30-16-24(28(21)33-22)27-14-26(31-17-32-27)20-11-19-8-6-7-9-23(19)25(13-20)29(3,4)5;1-5-10(6-2)12(14)9-13(15)11(7-3)8-4;/h6-9,12-18H,10H2,1-5H3;9-11,14H,5-8H2,1-4H3;/q-1;;/b;12-9-;. The van der Waals surface area contributed by atoms with Gasteiger partial charge in [-0.15, -0.1) is 29.1 Å². The van der Waals surface area contributed by atoms with Crippen molar-refractivity contribution in [2.45, 2.75) is 99.8 Å². The van der Waals surface area contributed by atoms with Gasteiger partial charge in [-0.25, -0.2) is 4.98 Å². The van der Waals surface area contributed by atoms with E-state index in [2.05, 4.69) is 92.0 Å². The van der Waals surface area contributed by atoms with Crippen LogP contribution < -0.4 is 0 Å².